The lowest BCUT2D eigenvalue weighted by atomic mass is 9.96. The van der Waals surface area contributed by atoms with Gasteiger partial charge in [0.05, 0.1) is 5.69 Å². The lowest BCUT2D eigenvalue weighted by Crippen LogP contribution is -2.35. The van der Waals surface area contributed by atoms with E-state index in [-0.39, 0.29) is 12.4 Å². The minimum Gasteiger partial charge on any atom is -0.330 e. The van der Waals surface area contributed by atoms with E-state index < -0.39 is 0 Å². The maximum Gasteiger partial charge on any atom is 0.0641 e. The Balaban J connectivity index is 0.00000162. The Morgan fingerprint density at radius 2 is 1.89 bits per heavy atom. The van der Waals surface area contributed by atoms with Crippen LogP contribution >= 0.6 is 12.4 Å². The first-order valence-electron chi connectivity index (χ1n) is 6.53. The largest absolute Gasteiger partial charge is 0.330 e. The van der Waals surface area contributed by atoms with Gasteiger partial charge in [-0.15, -0.1) is 12.4 Å². The van der Waals surface area contributed by atoms with Crippen LogP contribution in [0.3, 0.4) is 0 Å². The van der Waals surface area contributed by atoms with Crippen molar-refractivity contribution in [3.05, 3.63) is 17.0 Å². The maximum atomic E-state index is 5.72. The molecular formula is C13H25ClN4. The molecule has 0 aliphatic carbocycles. The highest BCUT2D eigenvalue weighted by molar-refractivity contribution is 5.85. The summed E-state index contributed by atoms with van der Waals surface area (Å²) in [5.41, 5.74) is 9.59. The zero-order valence-electron chi connectivity index (χ0n) is 11.6. The summed E-state index contributed by atoms with van der Waals surface area (Å²) in [7, 11) is 2.02. The molecule has 0 atom stereocenters. The molecule has 1 aliphatic heterocycles. The van der Waals surface area contributed by atoms with Crippen molar-refractivity contribution < 1.29 is 0 Å². The van der Waals surface area contributed by atoms with Gasteiger partial charge in [-0.1, -0.05) is 0 Å². The van der Waals surface area contributed by atoms with Gasteiger partial charge < -0.3 is 5.73 Å². The third kappa shape index (κ3) is 3.25. The van der Waals surface area contributed by atoms with Crippen LogP contribution in [-0.2, 0) is 13.6 Å². The highest BCUT2D eigenvalue weighted by Crippen LogP contribution is 2.20. The Labute approximate surface area is 116 Å². The Morgan fingerprint density at radius 1 is 1.28 bits per heavy atom. The van der Waals surface area contributed by atoms with Crippen LogP contribution in [0.5, 0.6) is 0 Å². The van der Waals surface area contributed by atoms with Gasteiger partial charge in [-0.3, -0.25) is 9.58 Å². The van der Waals surface area contributed by atoms with Gasteiger partial charge in [-0.05, 0) is 52.2 Å². The predicted octanol–water partition coefficient (Wildman–Crippen LogP) is 1.63. The average Bonchev–Trinajstić information content (AvgIpc) is 2.57. The lowest BCUT2D eigenvalue weighted by molar-refractivity contribution is 0.180. The quantitative estimate of drug-likeness (QED) is 0.910. The summed E-state index contributed by atoms with van der Waals surface area (Å²) >= 11 is 0. The number of piperidine rings is 1. The van der Waals surface area contributed by atoms with Crippen LogP contribution in [0.1, 0.15) is 29.8 Å². The third-order valence-corrected chi connectivity index (χ3v) is 4.08. The predicted molar refractivity (Wildman–Crippen MR) is 77.0 cm³/mol. The van der Waals surface area contributed by atoms with E-state index in [0.29, 0.717) is 0 Å². The van der Waals surface area contributed by atoms with E-state index in [0.717, 1.165) is 19.0 Å². The molecule has 1 aliphatic rings. The fraction of sp³-hybridized carbons (Fsp3) is 0.769. The average molecular weight is 273 g/mol. The molecule has 0 saturated carbocycles. The van der Waals surface area contributed by atoms with Gasteiger partial charge in [0, 0.05) is 24.8 Å². The van der Waals surface area contributed by atoms with Gasteiger partial charge in [0.15, 0.2) is 0 Å². The number of hydrogen-bond donors (Lipinski definition) is 1. The molecule has 2 N–H and O–H groups in total. The Hall–Kier alpha value is -0.580. The van der Waals surface area contributed by atoms with Gasteiger partial charge in [0.1, 0.15) is 0 Å². The number of hydrogen-bond acceptors (Lipinski definition) is 3. The van der Waals surface area contributed by atoms with E-state index in [9.17, 15) is 0 Å². The van der Waals surface area contributed by atoms with Crippen LogP contribution in [-0.4, -0.2) is 34.3 Å². The van der Waals surface area contributed by atoms with Crippen molar-refractivity contribution in [1.29, 1.82) is 0 Å². The molecule has 18 heavy (non-hydrogen) atoms. The molecule has 0 bridgehead atoms. The zero-order chi connectivity index (χ0) is 12.4. The van der Waals surface area contributed by atoms with E-state index in [1.54, 1.807) is 0 Å². The lowest BCUT2D eigenvalue weighted by Gasteiger charge is -2.31. The summed E-state index contributed by atoms with van der Waals surface area (Å²) in [5, 5.41) is 4.48. The number of nitrogens with zero attached hydrogens (tertiary/aromatic N) is 3. The molecule has 0 radical (unpaired) electrons. The second-order valence-corrected chi connectivity index (χ2v) is 5.23. The van der Waals surface area contributed by atoms with Gasteiger partial charge in [0.25, 0.3) is 0 Å². The Kier molecular flexibility index (Phi) is 5.63. The SMILES string of the molecule is Cc1nn(C)c(C)c1CN1CCC(CN)CC1.Cl. The second-order valence-electron chi connectivity index (χ2n) is 5.23. The molecule has 104 valence electrons. The normalized spacial score (nSPS) is 17.8. The highest BCUT2D eigenvalue weighted by Gasteiger charge is 2.20. The summed E-state index contributed by atoms with van der Waals surface area (Å²) in [6, 6.07) is 0. The molecule has 1 aromatic heterocycles. The van der Waals surface area contributed by atoms with E-state index in [4.69, 9.17) is 5.73 Å². The summed E-state index contributed by atoms with van der Waals surface area (Å²) in [6.07, 6.45) is 2.49. The number of nitrogens with two attached hydrogens (primary N) is 1. The van der Waals surface area contributed by atoms with E-state index in [2.05, 4.69) is 23.8 Å². The molecule has 1 aromatic rings. The summed E-state index contributed by atoms with van der Waals surface area (Å²) in [5.74, 6) is 0.738. The van der Waals surface area contributed by atoms with Crippen LogP contribution in [0.15, 0.2) is 0 Å². The minimum atomic E-state index is 0. The maximum absolute atomic E-state index is 5.72. The zero-order valence-corrected chi connectivity index (χ0v) is 12.5. The topological polar surface area (TPSA) is 47.1 Å². The third-order valence-electron chi connectivity index (χ3n) is 4.08. The number of aryl methyl sites for hydroxylation is 2. The molecule has 5 heteroatoms. The van der Waals surface area contributed by atoms with Gasteiger partial charge in [0.2, 0.25) is 0 Å². The molecule has 0 aromatic carbocycles. The van der Waals surface area contributed by atoms with E-state index in [1.807, 2.05) is 11.7 Å². The molecule has 4 nitrogen and oxygen atoms in total. The Morgan fingerprint density at radius 3 is 2.33 bits per heavy atom. The molecule has 1 saturated heterocycles. The van der Waals surface area contributed by atoms with Crippen molar-refractivity contribution >= 4 is 12.4 Å². The van der Waals surface area contributed by atoms with Crippen molar-refractivity contribution in [2.24, 2.45) is 18.7 Å². The fourth-order valence-corrected chi connectivity index (χ4v) is 2.65. The first-order chi connectivity index (χ1) is 8.11. The molecule has 0 amide bonds. The van der Waals surface area contributed by atoms with Crippen molar-refractivity contribution in [2.75, 3.05) is 19.6 Å². The molecular weight excluding hydrogens is 248 g/mol. The first-order valence-corrected chi connectivity index (χ1v) is 6.53. The van der Waals surface area contributed by atoms with Crippen LogP contribution in [0.2, 0.25) is 0 Å². The summed E-state index contributed by atoms with van der Waals surface area (Å²) in [4.78, 5) is 2.53. The number of rotatable bonds is 3. The van der Waals surface area contributed by atoms with E-state index >= 15 is 0 Å². The molecule has 0 spiro atoms. The van der Waals surface area contributed by atoms with Crippen LogP contribution < -0.4 is 5.73 Å². The minimum absolute atomic E-state index is 0. The second kappa shape index (κ2) is 6.55. The van der Waals surface area contributed by atoms with Gasteiger partial charge >= 0.3 is 0 Å². The number of halogens is 1. The first kappa shape index (κ1) is 15.5. The van der Waals surface area contributed by atoms with Crippen molar-refractivity contribution in [1.82, 2.24) is 14.7 Å². The molecule has 2 heterocycles. The molecule has 1 fully saturated rings. The summed E-state index contributed by atoms with van der Waals surface area (Å²) < 4.78 is 1.98. The van der Waals surface area contributed by atoms with Crippen LogP contribution in [0, 0.1) is 19.8 Å². The number of aromatic nitrogens is 2. The molecule has 2 rings (SSSR count). The smallest absolute Gasteiger partial charge is 0.0641 e. The summed E-state index contributed by atoms with van der Waals surface area (Å²) in [6.45, 7) is 8.50. The van der Waals surface area contributed by atoms with Gasteiger partial charge in [-0.25, -0.2) is 0 Å². The Bertz CT molecular complexity index is 381. The van der Waals surface area contributed by atoms with E-state index in [1.165, 1.54) is 42.9 Å². The van der Waals surface area contributed by atoms with Gasteiger partial charge in [-0.2, -0.15) is 5.10 Å². The monoisotopic (exact) mass is 272 g/mol. The van der Waals surface area contributed by atoms with Crippen molar-refractivity contribution in [3.8, 4) is 0 Å². The fourth-order valence-electron chi connectivity index (χ4n) is 2.65. The van der Waals surface area contributed by atoms with Crippen LogP contribution in [0.25, 0.3) is 0 Å². The van der Waals surface area contributed by atoms with Crippen molar-refractivity contribution in [3.63, 3.8) is 0 Å². The molecule has 0 unspecified atom stereocenters. The standard InChI is InChI=1S/C13H24N4.ClH/c1-10-13(11(2)16(3)15-10)9-17-6-4-12(8-14)5-7-17;/h12H,4-9,14H2,1-3H3;1H. The van der Waals surface area contributed by atoms with Crippen LogP contribution in [0.4, 0.5) is 0 Å². The highest BCUT2D eigenvalue weighted by atomic mass is 35.5. The van der Waals surface area contributed by atoms with Crippen molar-refractivity contribution in [2.45, 2.75) is 33.2 Å². The number of likely N-dealkylation sites (tertiary alicyclic amines) is 1.